The Balaban J connectivity index is 2.18. The summed E-state index contributed by atoms with van der Waals surface area (Å²) in [7, 11) is 1.95. The first-order valence-electron chi connectivity index (χ1n) is 6.60. The second-order valence-corrected chi connectivity index (χ2v) is 5.94. The highest BCUT2D eigenvalue weighted by atomic mass is 16.5. The molecule has 1 heterocycles. The largest absolute Gasteiger partial charge is 0.487 e. The van der Waals surface area contributed by atoms with Gasteiger partial charge in [-0.3, -0.25) is 4.68 Å². The van der Waals surface area contributed by atoms with E-state index >= 15 is 0 Å². The highest BCUT2D eigenvalue weighted by Crippen LogP contribution is 2.31. The predicted molar refractivity (Wildman–Crippen MR) is 77.4 cm³/mol. The zero-order valence-corrected chi connectivity index (χ0v) is 12.4. The van der Waals surface area contributed by atoms with E-state index in [1.807, 2.05) is 30.8 Å². The molecule has 2 rings (SSSR count). The number of ether oxygens (including phenoxy) is 1. The molecule has 0 spiro atoms. The quantitative estimate of drug-likeness (QED) is 0.841. The maximum absolute atomic E-state index is 5.98. The monoisotopic (exact) mass is 258 g/mol. The summed E-state index contributed by atoms with van der Waals surface area (Å²) in [6, 6.07) is 10.3. The van der Waals surface area contributed by atoms with Gasteiger partial charge in [0.25, 0.3) is 0 Å². The number of benzene rings is 1. The Labute approximate surface area is 115 Å². The van der Waals surface area contributed by atoms with Crippen LogP contribution in [0.3, 0.4) is 0 Å². The van der Waals surface area contributed by atoms with Gasteiger partial charge in [-0.25, -0.2) is 0 Å². The van der Waals surface area contributed by atoms with Crippen molar-refractivity contribution in [2.24, 2.45) is 7.05 Å². The van der Waals surface area contributed by atoms with E-state index in [0.717, 1.165) is 17.1 Å². The van der Waals surface area contributed by atoms with E-state index in [2.05, 4.69) is 44.1 Å². The molecule has 0 atom stereocenters. The third-order valence-electron chi connectivity index (χ3n) is 3.17. The lowest BCUT2D eigenvalue weighted by Crippen LogP contribution is -2.13. The maximum atomic E-state index is 5.98. The molecule has 3 nitrogen and oxygen atoms in total. The van der Waals surface area contributed by atoms with Crippen LogP contribution in [0.25, 0.3) is 0 Å². The standard InChI is InChI=1S/C16H22N2O/c1-12-10-13(18(5)17-12)11-19-15-9-7-6-8-14(15)16(2,3)4/h6-10H,11H2,1-5H3. The van der Waals surface area contributed by atoms with Crippen LogP contribution in [0.4, 0.5) is 0 Å². The van der Waals surface area contributed by atoms with Crippen LogP contribution in [0.2, 0.25) is 0 Å². The van der Waals surface area contributed by atoms with Crippen LogP contribution >= 0.6 is 0 Å². The average Bonchev–Trinajstić information content (AvgIpc) is 2.64. The van der Waals surface area contributed by atoms with Crippen LogP contribution in [0, 0.1) is 6.92 Å². The molecule has 0 aliphatic carbocycles. The van der Waals surface area contributed by atoms with E-state index in [-0.39, 0.29) is 5.41 Å². The minimum absolute atomic E-state index is 0.0823. The zero-order chi connectivity index (χ0) is 14.0. The van der Waals surface area contributed by atoms with Crippen molar-refractivity contribution in [3.05, 3.63) is 47.3 Å². The van der Waals surface area contributed by atoms with Crippen LogP contribution in [0.5, 0.6) is 5.75 Å². The number of nitrogens with zero attached hydrogens (tertiary/aromatic N) is 2. The fourth-order valence-corrected chi connectivity index (χ4v) is 2.16. The van der Waals surface area contributed by atoms with E-state index < -0.39 is 0 Å². The van der Waals surface area contributed by atoms with E-state index in [1.54, 1.807) is 0 Å². The lowest BCUT2D eigenvalue weighted by molar-refractivity contribution is 0.287. The summed E-state index contributed by atoms with van der Waals surface area (Å²) in [6.07, 6.45) is 0. The molecule has 2 aromatic rings. The van der Waals surface area contributed by atoms with Gasteiger partial charge >= 0.3 is 0 Å². The summed E-state index contributed by atoms with van der Waals surface area (Å²) in [5, 5.41) is 4.33. The van der Waals surface area contributed by atoms with E-state index in [0.29, 0.717) is 6.61 Å². The van der Waals surface area contributed by atoms with Crippen molar-refractivity contribution in [2.75, 3.05) is 0 Å². The molecule has 0 aliphatic heterocycles. The molecule has 0 aliphatic rings. The Morgan fingerprint density at radius 1 is 1.21 bits per heavy atom. The highest BCUT2D eigenvalue weighted by Gasteiger charge is 2.18. The molecule has 102 valence electrons. The summed E-state index contributed by atoms with van der Waals surface area (Å²) < 4.78 is 7.85. The van der Waals surface area contributed by atoms with Crippen LogP contribution in [0.15, 0.2) is 30.3 Å². The molecular formula is C16H22N2O. The number of aryl methyl sites for hydroxylation is 2. The van der Waals surface area contributed by atoms with Crippen LogP contribution < -0.4 is 4.74 Å². The average molecular weight is 258 g/mol. The highest BCUT2D eigenvalue weighted by molar-refractivity contribution is 5.38. The normalized spacial score (nSPS) is 11.6. The van der Waals surface area contributed by atoms with Gasteiger partial charge < -0.3 is 4.74 Å². The smallest absolute Gasteiger partial charge is 0.130 e. The van der Waals surface area contributed by atoms with Crippen molar-refractivity contribution in [3.63, 3.8) is 0 Å². The third kappa shape index (κ3) is 3.16. The first-order valence-corrected chi connectivity index (χ1v) is 6.60. The molecular weight excluding hydrogens is 236 g/mol. The van der Waals surface area contributed by atoms with E-state index in [1.165, 1.54) is 5.56 Å². The SMILES string of the molecule is Cc1cc(COc2ccccc2C(C)(C)C)n(C)n1. The van der Waals surface area contributed by atoms with Crippen molar-refractivity contribution < 1.29 is 4.74 Å². The van der Waals surface area contributed by atoms with E-state index in [9.17, 15) is 0 Å². The predicted octanol–water partition coefficient (Wildman–Crippen LogP) is 3.61. The van der Waals surface area contributed by atoms with Gasteiger partial charge in [-0.2, -0.15) is 5.10 Å². The molecule has 0 unspecified atom stereocenters. The molecule has 0 N–H and O–H groups in total. The molecule has 3 heteroatoms. The van der Waals surface area contributed by atoms with Gasteiger partial charge in [0.05, 0.1) is 11.4 Å². The first-order chi connectivity index (χ1) is 8.88. The third-order valence-corrected chi connectivity index (χ3v) is 3.17. The van der Waals surface area contributed by atoms with Gasteiger partial charge in [0.1, 0.15) is 12.4 Å². The lowest BCUT2D eigenvalue weighted by Gasteiger charge is -2.22. The number of rotatable bonds is 3. The Morgan fingerprint density at radius 2 is 1.89 bits per heavy atom. The Hall–Kier alpha value is -1.77. The summed E-state index contributed by atoms with van der Waals surface area (Å²) in [4.78, 5) is 0. The Bertz CT molecular complexity index is 564. The van der Waals surface area contributed by atoms with Gasteiger partial charge in [0.2, 0.25) is 0 Å². The number of aromatic nitrogens is 2. The summed E-state index contributed by atoms with van der Waals surface area (Å²) in [6.45, 7) is 9.13. The van der Waals surface area contributed by atoms with Crippen molar-refractivity contribution >= 4 is 0 Å². The first kappa shape index (κ1) is 13.7. The summed E-state index contributed by atoms with van der Waals surface area (Å²) in [5.74, 6) is 0.953. The van der Waals surface area contributed by atoms with Crippen LogP contribution in [-0.4, -0.2) is 9.78 Å². The van der Waals surface area contributed by atoms with Crippen molar-refractivity contribution in [2.45, 2.75) is 39.7 Å². The zero-order valence-electron chi connectivity index (χ0n) is 12.4. The molecule has 0 saturated carbocycles. The van der Waals surface area contributed by atoms with Crippen molar-refractivity contribution in [1.29, 1.82) is 0 Å². The minimum atomic E-state index is 0.0823. The molecule has 0 amide bonds. The second kappa shape index (κ2) is 5.08. The van der Waals surface area contributed by atoms with Gasteiger partial charge in [0.15, 0.2) is 0 Å². The molecule has 1 aromatic heterocycles. The van der Waals surface area contributed by atoms with Crippen LogP contribution in [0.1, 0.15) is 37.7 Å². The van der Waals surface area contributed by atoms with Crippen LogP contribution in [-0.2, 0) is 19.1 Å². The molecule has 19 heavy (non-hydrogen) atoms. The van der Waals surface area contributed by atoms with E-state index in [4.69, 9.17) is 4.74 Å². The summed E-state index contributed by atoms with van der Waals surface area (Å²) >= 11 is 0. The Kier molecular flexibility index (Phi) is 3.65. The molecule has 1 aromatic carbocycles. The molecule has 0 saturated heterocycles. The van der Waals surface area contributed by atoms with Gasteiger partial charge in [-0.05, 0) is 30.0 Å². The number of para-hydroxylation sites is 1. The van der Waals surface area contributed by atoms with Crippen molar-refractivity contribution in [3.8, 4) is 5.75 Å². The summed E-state index contributed by atoms with van der Waals surface area (Å²) in [5.41, 5.74) is 3.42. The number of hydrogen-bond donors (Lipinski definition) is 0. The second-order valence-electron chi connectivity index (χ2n) is 5.94. The lowest BCUT2D eigenvalue weighted by atomic mass is 9.86. The fraction of sp³-hybridized carbons (Fsp3) is 0.438. The van der Waals surface area contributed by atoms with Crippen molar-refractivity contribution in [1.82, 2.24) is 9.78 Å². The molecule has 0 radical (unpaired) electrons. The minimum Gasteiger partial charge on any atom is -0.487 e. The topological polar surface area (TPSA) is 27.1 Å². The number of hydrogen-bond acceptors (Lipinski definition) is 2. The maximum Gasteiger partial charge on any atom is 0.130 e. The van der Waals surface area contributed by atoms with Gasteiger partial charge in [0, 0.05) is 7.05 Å². The molecule has 0 fully saturated rings. The molecule has 0 bridgehead atoms. The van der Waals surface area contributed by atoms with Gasteiger partial charge in [-0.15, -0.1) is 0 Å². The Morgan fingerprint density at radius 3 is 2.47 bits per heavy atom. The fourth-order valence-electron chi connectivity index (χ4n) is 2.16. The van der Waals surface area contributed by atoms with Gasteiger partial charge in [-0.1, -0.05) is 39.0 Å².